The van der Waals surface area contributed by atoms with Crippen LogP contribution in [0, 0.1) is 15.9 Å². The molecule has 150 valence electrons. The van der Waals surface area contributed by atoms with Crippen LogP contribution in [0.15, 0.2) is 46.4 Å². The molecule has 0 aliphatic carbocycles. The minimum Gasteiger partial charge on any atom is -0.277 e. The molecule has 0 atom stereocenters. The fourth-order valence-corrected chi connectivity index (χ4v) is 4.26. The summed E-state index contributed by atoms with van der Waals surface area (Å²) in [5, 5.41) is 15.0. The minimum atomic E-state index is -4.01. The number of sulfonamides is 1. The highest BCUT2D eigenvalue weighted by Crippen LogP contribution is 2.29. The number of nitro groups is 1. The third-order valence-corrected chi connectivity index (χ3v) is 6.30. The fraction of sp³-hybridized carbons (Fsp3) is 0.235. The van der Waals surface area contributed by atoms with E-state index < -0.39 is 20.8 Å². The standard InChI is InChI=1S/C17H18ClFN4O4S/c1-3-22(4-2)28(26,27)17-10-12(23(24)25)8-9-16(17)21-20-11-13-14(18)6-5-7-15(13)19/h5-11,21H,3-4H2,1-2H3/b20-11-. The Morgan fingerprint density at radius 3 is 2.54 bits per heavy atom. The first-order valence-electron chi connectivity index (χ1n) is 8.24. The molecule has 0 radical (unpaired) electrons. The van der Waals surface area contributed by atoms with Crippen LogP contribution in [0.3, 0.4) is 0 Å². The molecular formula is C17H18ClFN4O4S. The van der Waals surface area contributed by atoms with Gasteiger partial charge in [0.25, 0.3) is 5.69 Å². The molecule has 2 aromatic carbocycles. The Hall–Kier alpha value is -2.56. The van der Waals surface area contributed by atoms with Crippen molar-refractivity contribution in [2.45, 2.75) is 18.7 Å². The van der Waals surface area contributed by atoms with Crippen molar-refractivity contribution in [3.63, 3.8) is 0 Å². The lowest BCUT2D eigenvalue weighted by molar-refractivity contribution is -0.385. The van der Waals surface area contributed by atoms with Gasteiger partial charge in [0.15, 0.2) is 0 Å². The molecule has 28 heavy (non-hydrogen) atoms. The summed E-state index contributed by atoms with van der Waals surface area (Å²) in [6.45, 7) is 3.69. The maximum absolute atomic E-state index is 13.8. The van der Waals surface area contributed by atoms with Gasteiger partial charge in [-0.25, -0.2) is 12.8 Å². The molecule has 2 aromatic rings. The number of benzene rings is 2. The van der Waals surface area contributed by atoms with Crippen LogP contribution in [-0.2, 0) is 10.0 Å². The highest BCUT2D eigenvalue weighted by Gasteiger charge is 2.27. The summed E-state index contributed by atoms with van der Waals surface area (Å²) in [5.41, 5.74) is 2.16. The predicted octanol–water partition coefficient (Wildman–Crippen LogP) is 3.86. The molecule has 0 aliphatic heterocycles. The molecule has 0 aromatic heterocycles. The highest BCUT2D eigenvalue weighted by atomic mass is 35.5. The summed E-state index contributed by atoms with van der Waals surface area (Å²) in [6.07, 6.45) is 1.10. The smallest absolute Gasteiger partial charge is 0.270 e. The summed E-state index contributed by atoms with van der Waals surface area (Å²) in [5.74, 6) is -0.599. The molecule has 8 nitrogen and oxygen atoms in total. The topological polar surface area (TPSA) is 105 Å². The summed E-state index contributed by atoms with van der Waals surface area (Å²) < 4.78 is 40.7. The quantitative estimate of drug-likeness (QED) is 0.390. The molecule has 11 heteroatoms. The zero-order chi connectivity index (χ0) is 20.9. The first kappa shape index (κ1) is 21.7. The maximum atomic E-state index is 13.8. The van der Waals surface area contributed by atoms with Gasteiger partial charge in [0.2, 0.25) is 10.0 Å². The lowest BCUT2D eigenvalue weighted by atomic mass is 10.2. The Morgan fingerprint density at radius 1 is 1.29 bits per heavy atom. The fourth-order valence-electron chi connectivity index (χ4n) is 2.43. The van der Waals surface area contributed by atoms with E-state index in [9.17, 15) is 22.9 Å². The molecule has 0 saturated carbocycles. The number of halogens is 2. The van der Waals surface area contributed by atoms with E-state index in [0.29, 0.717) is 0 Å². The van der Waals surface area contributed by atoms with E-state index in [1.165, 1.54) is 24.3 Å². The second-order valence-electron chi connectivity index (χ2n) is 5.53. The lowest BCUT2D eigenvalue weighted by Gasteiger charge is -2.20. The Balaban J connectivity index is 2.47. The van der Waals surface area contributed by atoms with Crippen molar-refractivity contribution in [1.82, 2.24) is 4.31 Å². The molecule has 0 saturated heterocycles. The molecule has 0 amide bonds. The minimum absolute atomic E-state index is 0.0150. The van der Waals surface area contributed by atoms with Gasteiger partial charge in [-0.15, -0.1) is 0 Å². The molecule has 0 unspecified atom stereocenters. The van der Waals surface area contributed by atoms with Crippen LogP contribution in [0.25, 0.3) is 0 Å². The molecule has 1 N–H and O–H groups in total. The zero-order valence-corrected chi connectivity index (χ0v) is 16.7. The second kappa shape index (κ2) is 9.09. The molecule has 0 bridgehead atoms. The van der Waals surface area contributed by atoms with Crippen LogP contribution in [0.5, 0.6) is 0 Å². The second-order valence-corrected chi connectivity index (χ2v) is 7.85. The molecule has 0 heterocycles. The van der Waals surface area contributed by atoms with Crippen LogP contribution in [0.4, 0.5) is 15.8 Å². The van der Waals surface area contributed by atoms with Crippen molar-refractivity contribution < 1.29 is 17.7 Å². The Bertz CT molecular complexity index is 990. The van der Waals surface area contributed by atoms with E-state index in [-0.39, 0.29) is 39.9 Å². The molecule has 2 rings (SSSR count). The molecule has 0 aliphatic rings. The van der Waals surface area contributed by atoms with E-state index in [1.54, 1.807) is 13.8 Å². The van der Waals surface area contributed by atoms with Gasteiger partial charge in [-0.05, 0) is 18.2 Å². The summed E-state index contributed by atoms with van der Waals surface area (Å²) in [4.78, 5) is 10.1. The average Bonchev–Trinajstić information content (AvgIpc) is 2.64. The van der Waals surface area contributed by atoms with E-state index in [2.05, 4.69) is 10.5 Å². The van der Waals surface area contributed by atoms with Crippen molar-refractivity contribution in [2.24, 2.45) is 5.10 Å². The van der Waals surface area contributed by atoms with Crippen LogP contribution < -0.4 is 5.43 Å². The Morgan fingerprint density at radius 2 is 1.96 bits per heavy atom. The third-order valence-electron chi connectivity index (χ3n) is 3.88. The Labute approximate surface area is 166 Å². The number of hydrogen-bond donors (Lipinski definition) is 1. The number of anilines is 1. The van der Waals surface area contributed by atoms with E-state index >= 15 is 0 Å². The average molecular weight is 429 g/mol. The van der Waals surface area contributed by atoms with Crippen molar-refractivity contribution in [3.05, 3.63) is 62.9 Å². The number of nitro benzene ring substituents is 1. The van der Waals surface area contributed by atoms with Gasteiger partial charge in [-0.2, -0.15) is 9.41 Å². The Kier molecular flexibility index (Phi) is 7.05. The normalized spacial score (nSPS) is 11.9. The van der Waals surface area contributed by atoms with Crippen LogP contribution >= 0.6 is 11.6 Å². The number of non-ortho nitro benzene ring substituents is 1. The highest BCUT2D eigenvalue weighted by molar-refractivity contribution is 7.89. The van der Waals surface area contributed by atoms with Crippen molar-refractivity contribution in [1.29, 1.82) is 0 Å². The van der Waals surface area contributed by atoms with Crippen LogP contribution in [-0.4, -0.2) is 37.0 Å². The lowest BCUT2D eigenvalue weighted by Crippen LogP contribution is -2.31. The number of nitrogens with one attached hydrogen (secondary N) is 1. The van der Waals surface area contributed by atoms with Crippen molar-refractivity contribution >= 4 is 39.2 Å². The number of rotatable bonds is 8. The number of hydrogen-bond acceptors (Lipinski definition) is 6. The summed E-state index contributed by atoms with van der Waals surface area (Å²) in [7, 11) is -4.01. The number of hydrazone groups is 1. The van der Waals surface area contributed by atoms with Gasteiger partial charge in [0.05, 0.1) is 21.8 Å². The zero-order valence-electron chi connectivity index (χ0n) is 15.1. The van der Waals surface area contributed by atoms with Gasteiger partial charge >= 0.3 is 0 Å². The van der Waals surface area contributed by atoms with Gasteiger partial charge in [0, 0.05) is 30.8 Å². The third kappa shape index (κ3) is 4.64. The van der Waals surface area contributed by atoms with Gasteiger partial charge < -0.3 is 0 Å². The molecule has 0 fully saturated rings. The largest absolute Gasteiger partial charge is 0.277 e. The first-order chi connectivity index (χ1) is 13.2. The van der Waals surface area contributed by atoms with Crippen LogP contribution in [0.2, 0.25) is 5.02 Å². The van der Waals surface area contributed by atoms with Crippen LogP contribution in [0.1, 0.15) is 19.4 Å². The monoisotopic (exact) mass is 428 g/mol. The van der Waals surface area contributed by atoms with Gasteiger partial charge in [-0.3, -0.25) is 15.5 Å². The van der Waals surface area contributed by atoms with Crippen molar-refractivity contribution in [3.8, 4) is 0 Å². The molecule has 0 spiro atoms. The van der Waals surface area contributed by atoms with Crippen molar-refractivity contribution in [2.75, 3.05) is 18.5 Å². The van der Waals surface area contributed by atoms with E-state index in [0.717, 1.165) is 22.7 Å². The molecular weight excluding hydrogens is 411 g/mol. The van der Waals surface area contributed by atoms with Gasteiger partial charge in [0.1, 0.15) is 10.7 Å². The van der Waals surface area contributed by atoms with Gasteiger partial charge in [-0.1, -0.05) is 31.5 Å². The maximum Gasteiger partial charge on any atom is 0.270 e. The summed E-state index contributed by atoms with van der Waals surface area (Å²) >= 11 is 5.91. The predicted molar refractivity (Wildman–Crippen MR) is 106 cm³/mol. The number of nitrogens with zero attached hydrogens (tertiary/aromatic N) is 3. The van der Waals surface area contributed by atoms with E-state index in [4.69, 9.17) is 11.6 Å². The SMILES string of the molecule is CCN(CC)S(=O)(=O)c1cc([N+](=O)[O-])ccc1N/N=C\c1c(F)cccc1Cl. The van der Waals surface area contributed by atoms with E-state index in [1.807, 2.05) is 0 Å². The first-order valence-corrected chi connectivity index (χ1v) is 10.1. The summed E-state index contributed by atoms with van der Waals surface area (Å²) in [6, 6.07) is 7.46.